The predicted octanol–water partition coefficient (Wildman–Crippen LogP) is 3.58. The van der Waals surface area contributed by atoms with Crippen LogP contribution in [-0.4, -0.2) is 16.9 Å². The lowest BCUT2D eigenvalue weighted by Crippen LogP contribution is -2.14. The fourth-order valence-corrected chi connectivity index (χ4v) is 2.74. The summed E-state index contributed by atoms with van der Waals surface area (Å²) >= 11 is 0. The SMILES string of the molecule is CC/C=C\CC1C(=O)CCC1CCCCC(=O)O. The third-order valence-corrected chi connectivity index (χ3v) is 3.75. The molecule has 0 aliphatic heterocycles. The predicted molar refractivity (Wildman–Crippen MR) is 71.4 cm³/mol. The molecule has 1 aliphatic rings. The van der Waals surface area contributed by atoms with Gasteiger partial charge in [0, 0.05) is 18.8 Å². The van der Waals surface area contributed by atoms with E-state index < -0.39 is 5.97 Å². The Morgan fingerprint density at radius 1 is 1.39 bits per heavy atom. The smallest absolute Gasteiger partial charge is 0.303 e. The number of hydrogen-bond acceptors (Lipinski definition) is 2. The molecule has 3 heteroatoms. The minimum absolute atomic E-state index is 0.192. The second kappa shape index (κ2) is 8.06. The molecule has 0 amide bonds. The molecule has 1 aliphatic carbocycles. The van der Waals surface area contributed by atoms with E-state index in [0.29, 0.717) is 18.1 Å². The maximum absolute atomic E-state index is 11.8. The van der Waals surface area contributed by atoms with E-state index >= 15 is 0 Å². The summed E-state index contributed by atoms with van der Waals surface area (Å²) in [5.74, 6) is 0.351. The van der Waals surface area contributed by atoms with Gasteiger partial charge in [-0.15, -0.1) is 0 Å². The van der Waals surface area contributed by atoms with Crippen LogP contribution < -0.4 is 0 Å². The molecule has 102 valence electrons. The Bertz CT molecular complexity index is 307. The molecule has 0 bridgehead atoms. The first-order chi connectivity index (χ1) is 8.65. The molecule has 0 aromatic heterocycles. The van der Waals surface area contributed by atoms with Crippen LogP contribution >= 0.6 is 0 Å². The van der Waals surface area contributed by atoms with E-state index in [0.717, 1.165) is 38.5 Å². The van der Waals surface area contributed by atoms with Crippen molar-refractivity contribution in [2.75, 3.05) is 0 Å². The first-order valence-electron chi connectivity index (χ1n) is 7.04. The Hall–Kier alpha value is -1.12. The monoisotopic (exact) mass is 252 g/mol. The van der Waals surface area contributed by atoms with Crippen molar-refractivity contribution in [3.63, 3.8) is 0 Å². The highest BCUT2D eigenvalue weighted by atomic mass is 16.4. The molecule has 2 atom stereocenters. The largest absolute Gasteiger partial charge is 0.481 e. The first kappa shape index (κ1) is 14.9. The topological polar surface area (TPSA) is 54.4 Å². The zero-order valence-electron chi connectivity index (χ0n) is 11.2. The Morgan fingerprint density at radius 2 is 2.17 bits per heavy atom. The van der Waals surface area contributed by atoms with Crippen LogP contribution in [0.1, 0.15) is 58.3 Å². The minimum atomic E-state index is -0.722. The Kier molecular flexibility index (Phi) is 6.69. The highest BCUT2D eigenvalue weighted by Crippen LogP contribution is 2.35. The summed E-state index contributed by atoms with van der Waals surface area (Å²) < 4.78 is 0. The fourth-order valence-electron chi connectivity index (χ4n) is 2.74. The summed E-state index contributed by atoms with van der Waals surface area (Å²) in [7, 11) is 0. The van der Waals surface area contributed by atoms with E-state index in [4.69, 9.17) is 5.11 Å². The summed E-state index contributed by atoms with van der Waals surface area (Å²) in [6.45, 7) is 2.09. The summed E-state index contributed by atoms with van der Waals surface area (Å²) in [5.41, 5.74) is 0. The van der Waals surface area contributed by atoms with Crippen molar-refractivity contribution in [2.45, 2.75) is 58.3 Å². The maximum Gasteiger partial charge on any atom is 0.303 e. The number of Topliss-reactive ketones (excluding diaryl/α,β-unsaturated/α-hetero) is 1. The normalized spacial score (nSPS) is 23.9. The summed E-state index contributed by atoms with van der Waals surface area (Å²) in [4.78, 5) is 22.2. The minimum Gasteiger partial charge on any atom is -0.481 e. The van der Waals surface area contributed by atoms with E-state index in [-0.39, 0.29) is 12.3 Å². The first-order valence-corrected chi connectivity index (χ1v) is 7.04. The zero-order chi connectivity index (χ0) is 13.4. The highest BCUT2D eigenvalue weighted by molar-refractivity contribution is 5.83. The van der Waals surface area contributed by atoms with Crippen molar-refractivity contribution < 1.29 is 14.7 Å². The van der Waals surface area contributed by atoms with Gasteiger partial charge in [0.1, 0.15) is 5.78 Å². The lowest BCUT2D eigenvalue weighted by Gasteiger charge is -2.16. The third-order valence-electron chi connectivity index (χ3n) is 3.75. The van der Waals surface area contributed by atoms with Crippen LogP contribution in [-0.2, 0) is 9.59 Å². The van der Waals surface area contributed by atoms with Gasteiger partial charge in [0.05, 0.1) is 0 Å². The summed E-state index contributed by atoms with van der Waals surface area (Å²) in [6, 6.07) is 0. The number of rotatable bonds is 8. The molecule has 18 heavy (non-hydrogen) atoms. The van der Waals surface area contributed by atoms with Crippen LogP contribution in [0, 0.1) is 11.8 Å². The number of unbranched alkanes of at least 4 members (excludes halogenated alkanes) is 1. The molecule has 2 unspecified atom stereocenters. The highest BCUT2D eigenvalue weighted by Gasteiger charge is 2.32. The number of carbonyl (C=O) groups excluding carboxylic acids is 1. The number of aliphatic carboxylic acids is 1. The molecule has 0 spiro atoms. The Labute approximate surface area is 109 Å². The van der Waals surface area contributed by atoms with Gasteiger partial charge in [-0.25, -0.2) is 0 Å². The van der Waals surface area contributed by atoms with Gasteiger partial charge < -0.3 is 5.11 Å². The average Bonchev–Trinajstić information content (AvgIpc) is 2.67. The molecule has 0 radical (unpaired) electrons. The molecule has 3 nitrogen and oxygen atoms in total. The van der Waals surface area contributed by atoms with Gasteiger partial charge in [-0.05, 0) is 38.0 Å². The number of carboxylic acid groups (broad SMARTS) is 1. The number of carbonyl (C=O) groups is 2. The van der Waals surface area contributed by atoms with Crippen LogP contribution in [0.3, 0.4) is 0 Å². The number of ketones is 1. The number of allylic oxidation sites excluding steroid dienone is 2. The number of carboxylic acids is 1. The average molecular weight is 252 g/mol. The van der Waals surface area contributed by atoms with Crippen molar-refractivity contribution in [1.82, 2.24) is 0 Å². The van der Waals surface area contributed by atoms with Crippen LogP contribution in [0.25, 0.3) is 0 Å². The van der Waals surface area contributed by atoms with Gasteiger partial charge in [0.25, 0.3) is 0 Å². The van der Waals surface area contributed by atoms with Gasteiger partial charge >= 0.3 is 5.97 Å². The standard InChI is InChI=1S/C15H24O3/c1-2-3-4-8-13-12(10-11-14(13)16)7-5-6-9-15(17)18/h3-4,12-13H,2,5-11H2,1H3,(H,17,18)/b4-3-. The molecule has 1 rings (SSSR count). The van der Waals surface area contributed by atoms with E-state index in [2.05, 4.69) is 19.1 Å². The Morgan fingerprint density at radius 3 is 2.83 bits per heavy atom. The maximum atomic E-state index is 11.8. The molecule has 0 aromatic carbocycles. The second-order valence-electron chi connectivity index (χ2n) is 5.13. The summed E-state index contributed by atoms with van der Waals surface area (Å²) in [6.07, 6.45) is 10.8. The molecule has 1 fully saturated rings. The third kappa shape index (κ3) is 5.03. The fraction of sp³-hybridized carbons (Fsp3) is 0.733. The van der Waals surface area contributed by atoms with Crippen LogP contribution in [0.4, 0.5) is 0 Å². The van der Waals surface area contributed by atoms with E-state index in [9.17, 15) is 9.59 Å². The molecule has 0 saturated heterocycles. The van der Waals surface area contributed by atoms with E-state index in [1.165, 1.54) is 0 Å². The quantitative estimate of drug-likeness (QED) is 0.530. The zero-order valence-corrected chi connectivity index (χ0v) is 11.2. The van der Waals surface area contributed by atoms with E-state index in [1.54, 1.807) is 0 Å². The molecule has 0 heterocycles. The molecule has 0 aromatic rings. The van der Waals surface area contributed by atoms with Gasteiger partial charge in [-0.3, -0.25) is 9.59 Å². The van der Waals surface area contributed by atoms with Gasteiger partial charge in [0.15, 0.2) is 0 Å². The number of hydrogen-bond donors (Lipinski definition) is 1. The van der Waals surface area contributed by atoms with Crippen molar-refractivity contribution in [1.29, 1.82) is 0 Å². The van der Waals surface area contributed by atoms with Crippen LogP contribution in [0.2, 0.25) is 0 Å². The second-order valence-corrected chi connectivity index (χ2v) is 5.13. The molecular formula is C15H24O3. The lowest BCUT2D eigenvalue weighted by atomic mass is 9.88. The van der Waals surface area contributed by atoms with Crippen LogP contribution in [0.5, 0.6) is 0 Å². The molecule has 1 N–H and O–H groups in total. The van der Waals surface area contributed by atoms with Gasteiger partial charge in [-0.2, -0.15) is 0 Å². The van der Waals surface area contributed by atoms with Gasteiger partial charge in [0.2, 0.25) is 0 Å². The molecule has 1 saturated carbocycles. The van der Waals surface area contributed by atoms with Crippen LogP contribution in [0.15, 0.2) is 12.2 Å². The summed E-state index contributed by atoms with van der Waals surface area (Å²) in [5, 5.41) is 8.58. The Balaban J connectivity index is 2.31. The van der Waals surface area contributed by atoms with Crippen molar-refractivity contribution >= 4 is 11.8 Å². The molecular weight excluding hydrogens is 228 g/mol. The van der Waals surface area contributed by atoms with E-state index in [1.807, 2.05) is 0 Å². The van der Waals surface area contributed by atoms with Crippen molar-refractivity contribution in [3.05, 3.63) is 12.2 Å². The lowest BCUT2D eigenvalue weighted by molar-refractivity contribution is -0.137. The van der Waals surface area contributed by atoms with Gasteiger partial charge in [-0.1, -0.05) is 25.5 Å². The van der Waals surface area contributed by atoms with Crippen molar-refractivity contribution in [3.8, 4) is 0 Å². The van der Waals surface area contributed by atoms with Crippen molar-refractivity contribution in [2.24, 2.45) is 11.8 Å².